The third kappa shape index (κ3) is 2.64. The maximum absolute atomic E-state index is 12.4. The second kappa shape index (κ2) is 5.45. The fraction of sp³-hybridized carbons (Fsp3) is 0.571. The van der Waals surface area contributed by atoms with Gasteiger partial charge in [-0.2, -0.15) is 5.26 Å². The Balaban J connectivity index is 1.98. The molecule has 1 saturated carbocycles. The number of aromatic nitrogens is 1. The number of amides is 1. The lowest BCUT2D eigenvalue weighted by atomic mass is 9.77. The second-order valence-corrected chi connectivity index (χ2v) is 5.17. The molecule has 2 N–H and O–H groups in total. The summed E-state index contributed by atoms with van der Waals surface area (Å²) >= 11 is 0. The van der Waals surface area contributed by atoms with Crippen molar-refractivity contribution in [3.63, 3.8) is 0 Å². The lowest BCUT2D eigenvalue weighted by Crippen LogP contribution is -2.47. The number of rotatable bonds is 3. The van der Waals surface area contributed by atoms with Gasteiger partial charge < -0.3 is 15.2 Å². The zero-order chi connectivity index (χ0) is 13.9. The Kier molecular flexibility index (Phi) is 3.91. The van der Waals surface area contributed by atoms with Gasteiger partial charge in [-0.3, -0.25) is 4.79 Å². The van der Waals surface area contributed by atoms with Gasteiger partial charge in [0.1, 0.15) is 11.4 Å². The molecule has 2 rings (SSSR count). The third-order valence-corrected chi connectivity index (χ3v) is 4.15. The van der Waals surface area contributed by atoms with Crippen molar-refractivity contribution in [3.05, 3.63) is 18.3 Å². The van der Waals surface area contributed by atoms with E-state index < -0.39 is 5.54 Å². The van der Waals surface area contributed by atoms with Gasteiger partial charge in [-0.25, -0.2) is 0 Å². The van der Waals surface area contributed by atoms with Crippen LogP contribution in [0.1, 0.15) is 25.7 Å². The topological polar surface area (TPSA) is 71.9 Å². The number of carbonyl (C=O) groups is 1. The minimum Gasteiger partial charge on any atom is -0.348 e. The normalized spacial score (nSPS) is 26.7. The van der Waals surface area contributed by atoms with E-state index in [0.29, 0.717) is 0 Å². The second-order valence-electron chi connectivity index (χ2n) is 5.17. The Morgan fingerprint density at radius 3 is 2.74 bits per heavy atom. The van der Waals surface area contributed by atoms with Crippen molar-refractivity contribution >= 4 is 11.7 Å². The van der Waals surface area contributed by atoms with E-state index in [1.807, 2.05) is 25.4 Å². The van der Waals surface area contributed by atoms with E-state index in [-0.39, 0.29) is 11.8 Å². The van der Waals surface area contributed by atoms with E-state index in [9.17, 15) is 10.1 Å². The SMILES string of the molecule is CNC1(C#N)CCC(C(=O)N(C)c2ccc[nH]2)CC1. The first-order valence-corrected chi connectivity index (χ1v) is 6.63. The number of nitrogens with zero attached hydrogens (tertiary/aromatic N) is 2. The lowest BCUT2D eigenvalue weighted by molar-refractivity contribution is -0.123. The van der Waals surface area contributed by atoms with Crippen molar-refractivity contribution in [2.75, 3.05) is 19.0 Å². The molecule has 0 bridgehead atoms. The van der Waals surface area contributed by atoms with E-state index in [4.69, 9.17) is 0 Å². The maximum atomic E-state index is 12.4. The van der Waals surface area contributed by atoms with Crippen molar-refractivity contribution in [1.29, 1.82) is 5.26 Å². The number of hydrogen-bond acceptors (Lipinski definition) is 3. The van der Waals surface area contributed by atoms with Crippen molar-refractivity contribution in [2.24, 2.45) is 5.92 Å². The molecule has 1 aromatic heterocycles. The van der Waals surface area contributed by atoms with Gasteiger partial charge in [0.05, 0.1) is 6.07 Å². The molecule has 1 aliphatic rings. The summed E-state index contributed by atoms with van der Waals surface area (Å²) in [4.78, 5) is 17.1. The van der Waals surface area contributed by atoms with Gasteiger partial charge in [-0.1, -0.05) is 0 Å². The van der Waals surface area contributed by atoms with Crippen LogP contribution in [0.4, 0.5) is 5.82 Å². The average Bonchev–Trinajstić information content (AvgIpc) is 3.00. The van der Waals surface area contributed by atoms with Gasteiger partial charge in [0.25, 0.3) is 0 Å². The van der Waals surface area contributed by atoms with Crippen molar-refractivity contribution in [1.82, 2.24) is 10.3 Å². The highest BCUT2D eigenvalue weighted by atomic mass is 16.2. The Labute approximate surface area is 113 Å². The minimum atomic E-state index is -0.443. The van der Waals surface area contributed by atoms with Crippen LogP contribution in [0, 0.1) is 17.2 Å². The highest BCUT2D eigenvalue weighted by Crippen LogP contribution is 2.33. The molecule has 1 amide bonds. The van der Waals surface area contributed by atoms with Crippen LogP contribution in [0.2, 0.25) is 0 Å². The van der Waals surface area contributed by atoms with E-state index >= 15 is 0 Å². The van der Waals surface area contributed by atoms with Crippen LogP contribution in [-0.4, -0.2) is 30.5 Å². The van der Waals surface area contributed by atoms with Crippen LogP contribution in [-0.2, 0) is 4.79 Å². The minimum absolute atomic E-state index is 0.0168. The van der Waals surface area contributed by atoms with Gasteiger partial charge >= 0.3 is 0 Å². The van der Waals surface area contributed by atoms with Crippen LogP contribution in [0.5, 0.6) is 0 Å². The standard InChI is InChI=1S/C14H20N4O/c1-16-14(10-15)7-5-11(6-8-14)13(19)18(2)12-4-3-9-17-12/h3-4,9,11,16-17H,5-8H2,1-2H3. The van der Waals surface area contributed by atoms with Crippen LogP contribution < -0.4 is 10.2 Å². The van der Waals surface area contributed by atoms with Gasteiger partial charge in [-0.15, -0.1) is 0 Å². The molecule has 5 heteroatoms. The summed E-state index contributed by atoms with van der Waals surface area (Å²) in [6, 6.07) is 6.10. The highest BCUT2D eigenvalue weighted by molar-refractivity contribution is 5.93. The summed E-state index contributed by atoms with van der Waals surface area (Å²) in [6.45, 7) is 0. The largest absolute Gasteiger partial charge is 0.348 e. The Hall–Kier alpha value is -1.80. The predicted octanol–water partition coefficient (Wildman–Crippen LogP) is 1.65. The molecular formula is C14H20N4O. The van der Waals surface area contributed by atoms with Crippen LogP contribution in [0.3, 0.4) is 0 Å². The summed E-state index contributed by atoms with van der Waals surface area (Å²) < 4.78 is 0. The summed E-state index contributed by atoms with van der Waals surface area (Å²) in [7, 11) is 3.61. The first-order chi connectivity index (χ1) is 9.12. The summed E-state index contributed by atoms with van der Waals surface area (Å²) in [6.07, 6.45) is 4.79. The Bertz CT molecular complexity index is 466. The monoisotopic (exact) mass is 260 g/mol. The zero-order valence-corrected chi connectivity index (χ0v) is 11.4. The number of carbonyl (C=O) groups excluding carboxylic acids is 1. The third-order valence-electron chi connectivity index (χ3n) is 4.15. The van der Waals surface area contributed by atoms with Gasteiger partial charge in [0.15, 0.2) is 0 Å². The molecule has 0 atom stereocenters. The highest BCUT2D eigenvalue weighted by Gasteiger charge is 2.37. The Morgan fingerprint density at radius 1 is 1.58 bits per heavy atom. The zero-order valence-electron chi connectivity index (χ0n) is 11.4. The molecule has 0 aromatic carbocycles. The predicted molar refractivity (Wildman–Crippen MR) is 73.6 cm³/mol. The molecule has 1 heterocycles. The molecule has 0 radical (unpaired) electrons. The molecule has 102 valence electrons. The fourth-order valence-corrected chi connectivity index (χ4v) is 2.70. The molecule has 1 fully saturated rings. The van der Waals surface area contributed by atoms with Crippen molar-refractivity contribution < 1.29 is 4.79 Å². The molecule has 5 nitrogen and oxygen atoms in total. The lowest BCUT2D eigenvalue weighted by Gasteiger charge is -2.35. The molecular weight excluding hydrogens is 240 g/mol. The summed E-state index contributed by atoms with van der Waals surface area (Å²) in [5.74, 6) is 0.962. The van der Waals surface area contributed by atoms with Crippen LogP contribution >= 0.6 is 0 Å². The summed E-state index contributed by atoms with van der Waals surface area (Å²) in [5, 5.41) is 12.3. The van der Waals surface area contributed by atoms with E-state index in [1.165, 1.54) is 0 Å². The molecule has 19 heavy (non-hydrogen) atoms. The van der Waals surface area contributed by atoms with Crippen LogP contribution in [0.25, 0.3) is 0 Å². The summed E-state index contributed by atoms with van der Waals surface area (Å²) in [5.41, 5.74) is -0.443. The van der Waals surface area contributed by atoms with Gasteiger partial charge in [-0.05, 0) is 44.9 Å². The number of nitriles is 1. The maximum Gasteiger partial charge on any atom is 0.230 e. The van der Waals surface area contributed by atoms with Crippen molar-refractivity contribution in [3.8, 4) is 6.07 Å². The molecule has 0 spiro atoms. The van der Waals surface area contributed by atoms with Gasteiger partial charge in [0, 0.05) is 19.2 Å². The Morgan fingerprint density at radius 2 is 2.26 bits per heavy atom. The van der Waals surface area contributed by atoms with Crippen molar-refractivity contribution in [2.45, 2.75) is 31.2 Å². The van der Waals surface area contributed by atoms with E-state index in [0.717, 1.165) is 31.5 Å². The van der Waals surface area contributed by atoms with E-state index in [1.54, 1.807) is 11.9 Å². The quantitative estimate of drug-likeness (QED) is 0.868. The smallest absolute Gasteiger partial charge is 0.230 e. The average molecular weight is 260 g/mol. The molecule has 0 aliphatic heterocycles. The molecule has 1 aromatic rings. The first kappa shape index (κ1) is 13.6. The van der Waals surface area contributed by atoms with E-state index in [2.05, 4.69) is 16.4 Å². The fourth-order valence-electron chi connectivity index (χ4n) is 2.70. The molecule has 0 unspecified atom stereocenters. The van der Waals surface area contributed by atoms with Crippen LogP contribution in [0.15, 0.2) is 18.3 Å². The van der Waals surface area contributed by atoms with Gasteiger partial charge in [0.2, 0.25) is 5.91 Å². The number of aromatic amines is 1. The first-order valence-electron chi connectivity index (χ1n) is 6.63. The number of nitrogens with one attached hydrogen (secondary N) is 2. The molecule has 1 aliphatic carbocycles. The molecule has 0 saturated heterocycles. The number of H-pyrrole nitrogens is 1. The number of anilines is 1. The number of hydrogen-bond donors (Lipinski definition) is 2.